The van der Waals surface area contributed by atoms with Crippen LogP contribution in [0.2, 0.25) is 0 Å². The van der Waals surface area contributed by atoms with Gasteiger partial charge in [-0.2, -0.15) is 5.10 Å². The predicted octanol–water partition coefficient (Wildman–Crippen LogP) is 1.67. The van der Waals surface area contributed by atoms with Crippen LogP contribution in [-0.4, -0.2) is 32.3 Å². The highest BCUT2D eigenvalue weighted by atomic mass is 32.1. The molecule has 0 saturated heterocycles. The van der Waals surface area contributed by atoms with Crippen LogP contribution in [-0.2, 0) is 24.8 Å². The maximum Gasteiger partial charge on any atom is 0.325 e. The highest BCUT2D eigenvalue weighted by molar-refractivity contribution is 7.10. The summed E-state index contributed by atoms with van der Waals surface area (Å²) in [7, 11) is 1.87. The number of aryl methyl sites for hydroxylation is 1. The fraction of sp³-hybridized carbons (Fsp3) is 0.385. The Morgan fingerprint density at radius 3 is 3.11 bits per heavy atom. The fourth-order valence-electron chi connectivity index (χ4n) is 2.58. The van der Waals surface area contributed by atoms with Gasteiger partial charge in [0.2, 0.25) is 0 Å². The summed E-state index contributed by atoms with van der Waals surface area (Å²) >= 11 is 1.65. The van der Waals surface area contributed by atoms with E-state index in [1.165, 1.54) is 4.88 Å². The van der Waals surface area contributed by atoms with Crippen LogP contribution in [0.25, 0.3) is 0 Å². The number of rotatable bonds is 3. The van der Waals surface area contributed by atoms with E-state index in [-0.39, 0.29) is 0 Å². The third kappa shape index (κ3) is 2.29. The van der Waals surface area contributed by atoms with Crippen LogP contribution < -0.4 is 0 Å². The average Bonchev–Trinajstić information content (AvgIpc) is 2.97. The van der Waals surface area contributed by atoms with E-state index in [0.29, 0.717) is 6.54 Å². The Morgan fingerprint density at radius 2 is 2.42 bits per heavy atom. The van der Waals surface area contributed by atoms with Crippen molar-refractivity contribution in [1.82, 2.24) is 14.7 Å². The molecule has 3 rings (SSSR count). The summed E-state index contributed by atoms with van der Waals surface area (Å²) in [5.74, 6) is -0.782. The van der Waals surface area contributed by atoms with Gasteiger partial charge in [0.1, 0.15) is 6.04 Å². The molecular weight excluding hydrogens is 262 g/mol. The minimum Gasteiger partial charge on any atom is -0.480 e. The minimum absolute atomic E-state index is 0.544. The van der Waals surface area contributed by atoms with E-state index in [1.54, 1.807) is 16.0 Å². The van der Waals surface area contributed by atoms with E-state index in [2.05, 4.69) is 5.10 Å². The second kappa shape index (κ2) is 4.79. The van der Waals surface area contributed by atoms with E-state index in [9.17, 15) is 9.90 Å². The topological polar surface area (TPSA) is 58.4 Å². The third-order valence-electron chi connectivity index (χ3n) is 3.43. The van der Waals surface area contributed by atoms with Gasteiger partial charge in [0, 0.05) is 31.2 Å². The molecule has 5 nitrogen and oxygen atoms in total. The molecule has 100 valence electrons. The summed E-state index contributed by atoms with van der Waals surface area (Å²) in [5.41, 5.74) is 1.85. The van der Waals surface area contributed by atoms with Gasteiger partial charge in [0.05, 0.1) is 5.69 Å². The van der Waals surface area contributed by atoms with Gasteiger partial charge in [-0.1, -0.05) is 0 Å². The van der Waals surface area contributed by atoms with Crippen molar-refractivity contribution < 1.29 is 9.90 Å². The van der Waals surface area contributed by atoms with Crippen molar-refractivity contribution >= 4 is 17.3 Å². The summed E-state index contributed by atoms with van der Waals surface area (Å²) in [4.78, 5) is 14.7. The first kappa shape index (κ1) is 12.4. The number of carboxylic acids is 1. The van der Waals surface area contributed by atoms with Crippen LogP contribution in [0.1, 0.15) is 22.2 Å². The summed E-state index contributed by atoms with van der Waals surface area (Å²) in [5, 5.41) is 15.8. The van der Waals surface area contributed by atoms with Crippen LogP contribution in [0.5, 0.6) is 0 Å². The molecule has 3 heterocycles. The van der Waals surface area contributed by atoms with Crippen molar-refractivity contribution in [2.75, 3.05) is 6.54 Å². The molecule has 0 radical (unpaired) electrons. The zero-order valence-corrected chi connectivity index (χ0v) is 11.4. The number of carboxylic acid groups (broad SMARTS) is 1. The largest absolute Gasteiger partial charge is 0.480 e. The van der Waals surface area contributed by atoms with Crippen molar-refractivity contribution in [2.24, 2.45) is 7.05 Å². The summed E-state index contributed by atoms with van der Waals surface area (Å²) < 4.78 is 1.74. The van der Waals surface area contributed by atoms with Gasteiger partial charge in [0.15, 0.2) is 0 Å². The molecule has 1 atom stereocenters. The molecule has 1 N–H and O–H groups in total. The summed E-state index contributed by atoms with van der Waals surface area (Å²) in [6.45, 7) is 1.34. The van der Waals surface area contributed by atoms with Gasteiger partial charge in [-0.05, 0) is 29.5 Å². The van der Waals surface area contributed by atoms with Crippen molar-refractivity contribution in [3.05, 3.63) is 39.8 Å². The van der Waals surface area contributed by atoms with E-state index < -0.39 is 12.0 Å². The quantitative estimate of drug-likeness (QED) is 0.927. The number of hydrogen-bond acceptors (Lipinski definition) is 4. The van der Waals surface area contributed by atoms with Crippen LogP contribution >= 0.6 is 11.3 Å². The van der Waals surface area contributed by atoms with E-state index in [1.807, 2.05) is 35.7 Å². The molecule has 0 aliphatic carbocycles. The molecule has 0 fully saturated rings. The third-order valence-corrected chi connectivity index (χ3v) is 4.43. The highest BCUT2D eigenvalue weighted by Crippen LogP contribution is 2.34. The maximum absolute atomic E-state index is 11.6. The average molecular weight is 277 g/mol. The van der Waals surface area contributed by atoms with Crippen molar-refractivity contribution in [3.8, 4) is 0 Å². The summed E-state index contributed by atoms with van der Waals surface area (Å²) in [6, 6.07) is 3.32. The van der Waals surface area contributed by atoms with E-state index in [0.717, 1.165) is 24.2 Å². The molecule has 1 aliphatic heterocycles. The first-order chi connectivity index (χ1) is 9.15. The van der Waals surface area contributed by atoms with Gasteiger partial charge in [0.25, 0.3) is 0 Å². The Labute approximate surface area is 115 Å². The SMILES string of the molecule is Cn1ccc(CN2CCc3sccc3C2C(=O)O)n1. The monoisotopic (exact) mass is 277 g/mol. The molecule has 2 aromatic rings. The second-order valence-corrected chi connectivity index (χ2v) is 5.74. The minimum atomic E-state index is -0.782. The molecule has 1 unspecified atom stereocenters. The van der Waals surface area contributed by atoms with Crippen LogP contribution in [0.3, 0.4) is 0 Å². The fourth-order valence-corrected chi connectivity index (χ4v) is 3.49. The Morgan fingerprint density at radius 1 is 1.58 bits per heavy atom. The van der Waals surface area contributed by atoms with Crippen LogP contribution in [0.4, 0.5) is 0 Å². The lowest BCUT2D eigenvalue weighted by molar-refractivity contribution is -0.144. The molecule has 6 heteroatoms. The number of thiophene rings is 1. The number of aromatic nitrogens is 2. The molecule has 0 spiro atoms. The molecular formula is C13H15N3O2S. The number of carbonyl (C=O) groups is 1. The number of hydrogen-bond donors (Lipinski definition) is 1. The van der Waals surface area contributed by atoms with E-state index >= 15 is 0 Å². The predicted molar refractivity (Wildman–Crippen MR) is 72.0 cm³/mol. The van der Waals surface area contributed by atoms with E-state index in [4.69, 9.17) is 0 Å². The molecule has 2 aromatic heterocycles. The van der Waals surface area contributed by atoms with Crippen molar-refractivity contribution in [2.45, 2.75) is 19.0 Å². The van der Waals surface area contributed by atoms with Crippen molar-refractivity contribution in [1.29, 1.82) is 0 Å². The first-order valence-corrected chi connectivity index (χ1v) is 7.05. The zero-order chi connectivity index (χ0) is 13.4. The van der Waals surface area contributed by atoms with Crippen LogP contribution in [0, 0.1) is 0 Å². The Bertz CT molecular complexity index is 605. The second-order valence-electron chi connectivity index (χ2n) is 4.74. The smallest absolute Gasteiger partial charge is 0.325 e. The van der Waals surface area contributed by atoms with Gasteiger partial charge in [-0.25, -0.2) is 0 Å². The molecule has 0 bridgehead atoms. The Kier molecular flexibility index (Phi) is 3.12. The molecule has 0 saturated carbocycles. The molecule has 1 aliphatic rings. The molecule has 0 amide bonds. The van der Waals surface area contributed by atoms with Crippen molar-refractivity contribution in [3.63, 3.8) is 0 Å². The standard InChI is InChI=1S/C13H15N3O2S/c1-15-5-2-9(14-15)8-16-6-3-11-10(4-7-19-11)12(16)13(17)18/h2,4-5,7,12H,3,6,8H2,1H3,(H,17,18). The highest BCUT2D eigenvalue weighted by Gasteiger charge is 2.33. The van der Waals surface area contributed by atoms with Gasteiger partial charge >= 0.3 is 5.97 Å². The lowest BCUT2D eigenvalue weighted by Gasteiger charge is -2.32. The normalized spacial score (nSPS) is 19.3. The first-order valence-electron chi connectivity index (χ1n) is 6.17. The lowest BCUT2D eigenvalue weighted by atomic mass is 10.00. The van der Waals surface area contributed by atoms with Gasteiger partial charge in [-0.15, -0.1) is 11.3 Å². The lowest BCUT2D eigenvalue weighted by Crippen LogP contribution is -2.38. The number of aliphatic carboxylic acids is 1. The number of fused-ring (bicyclic) bond motifs is 1. The summed E-state index contributed by atoms with van der Waals surface area (Å²) in [6.07, 6.45) is 2.80. The van der Waals surface area contributed by atoms with Gasteiger partial charge < -0.3 is 5.11 Å². The van der Waals surface area contributed by atoms with Crippen LogP contribution in [0.15, 0.2) is 23.7 Å². The Hall–Kier alpha value is -1.66. The zero-order valence-electron chi connectivity index (χ0n) is 10.6. The number of nitrogens with zero attached hydrogens (tertiary/aromatic N) is 3. The Balaban J connectivity index is 1.87. The maximum atomic E-state index is 11.6. The molecule has 0 aromatic carbocycles. The molecule has 19 heavy (non-hydrogen) atoms. The van der Waals surface area contributed by atoms with Gasteiger partial charge in [-0.3, -0.25) is 14.4 Å².